The van der Waals surface area contributed by atoms with Gasteiger partial charge < -0.3 is 5.73 Å². The van der Waals surface area contributed by atoms with E-state index in [0.717, 1.165) is 0 Å². The fourth-order valence-electron chi connectivity index (χ4n) is 0.351. The van der Waals surface area contributed by atoms with E-state index in [1.165, 1.54) is 0 Å². The van der Waals surface area contributed by atoms with E-state index in [-0.39, 0.29) is 5.70 Å². The molecule has 48 valence electrons. The molecule has 0 aliphatic heterocycles. The maximum atomic E-state index is 8.24. The third kappa shape index (κ3) is 2.50. The topological polar surface area (TPSA) is 62.2 Å². The second-order valence-corrected chi connectivity index (χ2v) is 1.60. The van der Waals surface area contributed by atoms with Crippen molar-refractivity contribution in [1.82, 2.24) is 0 Å². The third-order valence-corrected chi connectivity index (χ3v) is 0.868. The summed E-state index contributed by atoms with van der Waals surface area (Å²) in [5.41, 5.74) is 6.16. The van der Waals surface area contributed by atoms with Gasteiger partial charge >= 0.3 is 0 Å². The molecule has 0 saturated carbocycles. The quantitative estimate of drug-likeness (QED) is 0.406. The standard InChI is InChI=1S/C6H9N3/c1-5(4-9-2)6(8)3-7/h4H,8H2,1-2H3. The van der Waals surface area contributed by atoms with Crippen LogP contribution in [-0.2, 0) is 0 Å². The molecule has 3 nitrogen and oxygen atoms in total. The molecule has 2 N–H and O–H groups in total. The Labute approximate surface area is 54.5 Å². The summed E-state index contributed by atoms with van der Waals surface area (Å²) in [5.74, 6) is 0. The van der Waals surface area contributed by atoms with Crippen LogP contribution in [0.4, 0.5) is 0 Å². The van der Waals surface area contributed by atoms with Crippen molar-refractivity contribution in [1.29, 1.82) is 5.26 Å². The van der Waals surface area contributed by atoms with Crippen LogP contribution in [0.5, 0.6) is 0 Å². The molecule has 0 radical (unpaired) electrons. The molecular weight excluding hydrogens is 114 g/mol. The van der Waals surface area contributed by atoms with Crippen molar-refractivity contribution in [2.75, 3.05) is 7.05 Å². The molecule has 3 heteroatoms. The number of aliphatic imine (C=N–C) groups is 1. The van der Waals surface area contributed by atoms with Crippen LogP contribution in [0.3, 0.4) is 0 Å². The molecule has 0 unspecified atom stereocenters. The lowest BCUT2D eigenvalue weighted by Crippen LogP contribution is -1.98. The minimum atomic E-state index is 0.223. The summed E-state index contributed by atoms with van der Waals surface area (Å²) in [6, 6.07) is 1.82. The Morgan fingerprint density at radius 2 is 2.33 bits per heavy atom. The third-order valence-electron chi connectivity index (χ3n) is 0.868. The molecule has 9 heavy (non-hydrogen) atoms. The van der Waals surface area contributed by atoms with Crippen LogP contribution in [-0.4, -0.2) is 13.3 Å². The Kier molecular flexibility index (Phi) is 3.14. The molecule has 0 aromatic heterocycles. The van der Waals surface area contributed by atoms with Crippen molar-refractivity contribution in [3.05, 3.63) is 11.3 Å². The lowest BCUT2D eigenvalue weighted by molar-refractivity contribution is 1.33. The van der Waals surface area contributed by atoms with E-state index >= 15 is 0 Å². The zero-order chi connectivity index (χ0) is 7.28. The first-order chi connectivity index (χ1) is 4.22. The van der Waals surface area contributed by atoms with Crippen LogP contribution in [0.2, 0.25) is 0 Å². The zero-order valence-electron chi connectivity index (χ0n) is 5.55. The number of nitrogens with two attached hydrogens (primary N) is 1. The molecule has 0 saturated heterocycles. The van der Waals surface area contributed by atoms with Crippen LogP contribution in [0.25, 0.3) is 0 Å². The molecule has 0 heterocycles. The van der Waals surface area contributed by atoms with Gasteiger partial charge in [-0.3, -0.25) is 4.99 Å². The van der Waals surface area contributed by atoms with Crippen LogP contribution >= 0.6 is 0 Å². The predicted octanol–water partition coefficient (Wildman–Crippen LogP) is 0.443. The first-order valence-electron chi connectivity index (χ1n) is 2.51. The maximum Gasteiger partial charge on any atom is 0.117 e. The van der Waals surface area contributed by atoms with Gasteiger partial charge in [0.15, 0.2) is 0 Å². The van der Waals surface area contributed by atoms with Crippen LogP contribution in [0.15, 0.2) is 16.3 Å². The second-order valence-electron chi connectivity index (χ2n) is 1.60. The summed E-state index contributed by atoms with van der Waals surface area (Å²) in [6.45, 7) is 1.74. The SMILES string of the molecule is CN=CC(C)=C(N)C#N. The molecule has 0 bridgehead atoms. The summed E-state index contributed by atoms with van der Waals surface area (Å²) in [4.78, 5) is 3.69. The van der Waals surface area contributed by atoms with E-state index in [9.17, 15) is 0 Å². The van der Waals surface area contributed by atoms with Gasteiger partial charge in [0.2, 0.25) is 0 Å². The second kappa shape index (κ2) is 3.67. The van der Waals surface area contributed by atoms with Crippen molar-refractivity contribution < 1.29 is 0 Å². The van der Waals surface area contributed by atoms with Crippen molar-refractivity contribution in [3.63, 3.8) is 0 Å². The smallest absolute Gasteiger partial charge is 0.117 e. The Hall–Kier alpha value is -1.30. The molecule has 0 aromatic rings. The van der Waals surface area contributed by atoms with Gasteiger partial charge in [0.1, 0.15) is 11.8 Å². The monoisotopic (exact) mass is 123 g/mol. The number of nitriles is 1. The molecule has 0 rings (SSSR count). The van der Waals surface area contributed by atoms with Gasteiger partial charge in [-0.15, -0.1) is 0 Å². The first kappa shape index (κ1) is 7.70. The van der Waals surface area contributed by atoms with Crippen LogP contribution in [0.1, 0.15) is 6.92 Å². The summed E-state index contributed by atoms with van der Waals surface area (Å²) in [7, 11) is 1.63. The minimum absolute atomic E-state index is 0.223. The fourth-order valence-corrected chi connectivity index (χ4v) is 0.351. The first-order valence-corrected chi connectivity index (χ1v) is 2.51. The Morgan fingerprint density at radius 1 is 1.78 bits per heavy atom. The highest BCUT2D eigenvalue weighted by atomic mass is 14.6. The van der Waals surface area contributed by atoms with Gasteiger partial charge in [-0.1, -0.05) is 0 Å². The molecule has 0 aliphatic rings. The summed E-state index contributed by atoms with van der Waals surface area (Å²) >= 11 is 0. The Morgan fingerprint density at radius 3 is 2.67 bits per heavy atom. The van der Waals surface area contributed by atoms with Gasteiger partial charge in [0.05, 0.1) is 0 Å². The molecule has 0 atom stereocenters. The average Bonchev–Trinajstić information content (AvgIpc) is 1.87. The van der Waals surface area contributed by atoms with Gasteiger partial charge in [0, 0.05) is 18.8 Å². The number of hydrogen-bond donors (Lipinski definition) is 1. The van der Waals surface area contributed by atoms with E-state index in [4.69, 9.17) is 11.0 Å². The maximum absolute atomic E-state index is 8.24. The van der Waals surface area contributed by atoms with Gasteiger partial charge in [-0.25, -0.2) is 0 Å². The van der Waals surface area contributed by atoms with Crippen molar-refractivity contribution in [3.8, 4) is 6.07 Å². The normalized spacial score (nSPS) is 13.0. The Bertz CT molecular complexity index is 183. The van der Waals surface area contributed by atoms with Crippen molar-refractivity contribution >= 4 is 6.21 Å². The van der Waals surface area contributed by atoms with Gasteiger partial charge in [-0.2, -0.15) is 5.26 Å². The van der Waals surface area contributed by atoms with E-state index in [0.29, 0.717) is 5.57 Å². The highest BCUT2D eigenvalue weighted by molar-refractivity contribution is 5.79. The molecular formula is C6H9N3. The van der Waals surface area contributed by atoms with E-state index in [1.54, 1.807) is 20.2 Å². The van der Waals surface area contributed by atoms with E-state index in [2.05, 4.69) is 4.99 Å². The van der Waals surface area contributed by atoms with E-state index in [1.807, 2.05) is 6.07 Å². The minimum Gasteiger partial charge on any atom is -0.390 e. The molecule has 0 amide bonds. The molecule has 0 spiro atoms. The van der Waals surface area contributed by atoms with Gasteiger partial charge in [0.25, 0.3) is 0 Å². The fraction of sp³-hybridized carbons (Fsp3) is 0.333. The van der Waals surface area contributed by atoms with E-state index < -0.39 is 0 Å². The van der Waals surface area contributed by atoms with Crippen LogP contribution < -0.4 is 5.73 Å². The number of hydrogen-bond acceptors (Lipinski definition) is 3. The predicted molar refractivity (Wildman–Crippen MR) is 36.9 cm³/mol. The molecule has 0 aromatic carbocycles. The highest BCUT2D eigenvalue weighted by Gasteiger charge is 1.88. The summed E-state index contributed by atoms with van der Waals surface area (Å²) in [6.07, 6.45) is 1.55. The lowest BCUT2D eigenvalue weighted by atomic mass is 10.3. The lowest BCUT2D eigenvalue weighted by Gasteiger charge is -1.88. The zero-order valence-corrected chi connectivity index (χ0v) is 5.55. The molecule has 0 fully saturated rings. The van der Waals surface area contributed by atoms with Crippen molar-refractivity contribution in [2.24, 2.45) is 10.7 Å². The van der Waals surface area contributed by atoms with Crippen molar-refractivity contribution in [2.45, 2.75) is 6.92 Å². The molecule has 0 aliphatic carbocycles. The average molecular weight is 123 g/mol. The summed E-state index contributed by atoms with van der Waals surface area (Å²) in [5, 5.41) is 8.24. The highest BCUT2D eigenvalue weighted by Crippen LogP contribution is 1.90. The Balaban J connectivity index is 4.34. The van der Waals surface area contributed by atoms with Gasteiger partial charge in [-0.05, 0) is 6.92 Å². The largest absolute Gasteiger partial charge is 0.390 e. The number of allylic oxidation sites excluding steroid dienone is 2. The summed E-state index contributed by atoms with van der Waals surface area (Å²) < 4.78 is 0. The number of nitrogens with zero attached hydrogens (tertiary/aromatic N) is 2. The number of rotatable bonds is 1. The van der Waals surface area contributed by atoms with Crippen LogP contribution in [0, 0.1) is 11.3 Å².